The number of hydrogen-bond donors (Lipinski definition) is 1. The summed E-state index contributed by atoms with van der Waals surface area (Å²) in [6.07, 6.45) is 1.18. The van der Waals surface area contributed by atoms with Gasteiger partial charge in [0.2, 0.25) is 0 Å². The monoisotopic (exact) mass is 365 g/mol. The Balaban J connectivity index is 1.98. The van der Waals surface area contributed by atoms with E-state index < -0.39 is 9.84 Å². The second-order valence-electron chi connectivity index (χ2n) is 6.23. The van der Waals surface area contributed by atoms with Crippen LogP contribution in [-0.4, -0.2) is 19.7 Å². The van der Waals surface area contributed by atoms with E-state index in [-0.39, 0.29) is 10.7 Å². The van der Waals surface area contributed by atoms with Crippen molar-refractivity contribution in [2.75, 3.05) is 6.26 Å². The standard InChI is InChI=1S/C21H16FNO2S/c1-26(24,25)17-10-7-15(8-11-17)21-20(14-5-3-2-4-6-14)18-13-16(22)9-12-19(18)23-21/h2-13,23H,1H3. The molecule has 26 heavy (non-hydrogen) atoms. The summed E-state index contributed by atoms with van der Waals surface area (Å²) in [5.41, 5.74) is 4.36. The first-order valence-electron chi connectivity index (χ1n) is 8.10. The zero-order chi connectivity index (χ0) is 18.3. The van der Waals surface area contributed by atoms with Gasteiger partial charge in [-0.2, -0.15) is 0 Å². The highest BCUT2D eigenvalue weighted by Crippen LogP contribution is 2.38. The fourth-order valence-electron chi connectivity index (χ4n) is 3.15. The molecule has 1 heterocycles. The van der Waals surface area contributed by atoms with Crippen molar-refractivity contribution in [3.05, 3.63) is 78.6 Å². The molecule has 130 valence electrons. The topological polar surface area (TPSA) is 49.9 Å². The van der Waals surface area contributed by atoms with Gasteiger partial charge in [0.25, 0.3) is 0 Å². The van der Waals surface area contributed by atoms with Gasteiger partial charge in [-0.1, -0.05) is 42.5 Å². The Hall–Kier alpha value is -2.92. The molecule has 0 unspecified atom stereocenters. The summed E-state index contributed by atoms with van der Waals surface area (Å²) in [6.45, 7) is 0. The molecule has 0 aliphatic heterocycles. The van der Waals surface area contributed by atoms with Crippen molar-refractivity contribution in [2.24, 2.45) is 0 Å². The van der Waals surface area contributed by atoms with Gasteiger partial charge in [0.1, 0.15) is 5.82 Å². The van der Waals surface area contributed by atoms with Crippen molar-refractivity contribution >= 4 is 20.7 Å². The van der Waals surface area contributed by atoms with Crippen LogP contribution >= 0.6 is 0 Å². The van der Waals surface area contributed by atoms with E-state index in [1.165, 1.54) is 18.4 Å². The molecule has 0 fully saturated rings. The molecule has 5 heteroatoms. The van der Waals surface area contributed by atoms with E-state index in [1.807, 2.05) is 30.3 Å². The first-order chi connectivity index (χ1) is 12.4. The molecular weight excluding hydrogens is 349 g/mol. The van der Waals surface area contributed by atoms with E-state index in [4.69, 9.17) is 0 Å². The number of aromatic amines is 1. The van der Waals surface area contributed by atoms with Gasteiger partial charge < -0.3 is 4.98 Å². The maximum absolute atomic E-state index is 13.8. The fraction of sp³-hybridized carbons (Fsp3) is 0.0476. The largest absolute Gasteiger partial charge is 0.354 e. The van der Waals surface area contributed by atoms with Crippen molar-refractivity contribution in [1.82, 2.24) is 4.98 Å². The van der Waals surface area contributed by atoms with Crippen molar-refractivity contribution in [2.45, 2.75) is 4.90 Å². The Morgan fingerprint density at radius 3 is 2.19 bits per heavy atom. The molecule has 0 bridgehead atoms. The molecule has 0 aliphatic rings. The maximum atomic E-state index is 13.8. The number of benzene rings is 3. The summed E-state index contributed by atoms with van der Waals surface area (Å²) >= 11 is 0. The minimum atomic E-state index is -3.25. The van der Waals surface area contributed by atoms with Gasteiger partial charge in [0.05, 0.1) is 10.6 Å². The number of aromatic nitrogens is 1. The number of nitrogens with one attached hydrogen (secondary N) is 1. The predicted octanol–water partition coefficient (Wildman–Crippen LogP) is 5.04. The molecule has 0 radical (unpaired) electrons. The molecule has 0 aliphatic carbocycles. The van der Waals surface area contributed by atoms with Gasteiger partial charge in [-0.25, -0.2) is 12.8 Å². The summed E-state index contributed by atoms with van der Waals surface area (Å²) in [5.74, 6) is -0.298. The van der Waals surface area contributed by atoms with Crippen LogP contribution in [0.5, 0.6) is 0 Å². The molecular formula is C21H16FNO2S. The lowest BCUT2D eigenvalue weighted by Crippen LogP contribution is -1.96. The molecule has 4 rings (SSSR count). The van der Waals surface area contributed by atoms with E-state index in [1.54, 1.807) is 30.3 Å². The lowest BCUT2D eigenvalue weighted by Gasteiger charge is -2.07. The minimum absolute atomic E-state index is 0.268. The van der Waals surface area contributed by atoms with Crippen molar-refractivity contribution in [1.29, 1.82) is 0 Å². The van der Waals surface area contributed by atoms with E-state index >= 15 is 0 Å². The number of hydrogen-bond acceptors (Lipinski definition) is 2. The molecule has 3 nitrogen and oxygen atoms in total. The highest BCUT2D eigenvalue weighted by Gasteiger charge is 2.16. The van der Waals surface area contributed by atoms with Crippen LogP contribution < -0.4 is 0 Å². The first-order valence-corrected chi connectivity index (χ1v) is 10.00. The van der Waals surface area contributed by atoms with E-state index in [0.717, 1.165) is 33.3 Å². The van der Waals surface area contributed by atoms with Gasteiger partial charge in [-0.15, -0.1) is 0 Å². The van der Waals surface area contributed by atoms with Gasteiger partial charge in [-0.3, -0.25) is 0 Å². The van der Waals surface area contributed by atoms with E-state index in [2.05, 4.69) is 4.98 Å². The van der Waals surface area contributed by atoms with Crippen LogP contribution in [-0.2, 0) is 9.84 Å². The smallest absolute Gasteiger partial charge is 0.175 e. The number of H-pyrrole nitrogens is 1. The lowest BCUT2D eigenvalue weighted by molar-refractivity contribution is 0.602. The second-order valence-corrected chi connectivity index (χ2v) is 8.24. The number of rotatable bonds is 3. The summed E-state index contributed by atoms with van der Waals surface area (Å²) in [4.78, 5) is 3.62. The molecule has 4 aromatic rings. The highest BCUT2D eigenvalue weighted by atomic mass is 32.2. The number of sulfone groups is 1. The van der Waals surface area contributed by atoms with Crippen LogP contribution in [0.2, 0.25) is 0 Å². The van der Waals surface area contributed by atoms with Gasteiger partial charge in [0.15, 0.2) is 9.84 Å². The van der Waals surface area contributed by atoms with Crippen LogP contribution in [0.1, 0.15) is 0 Å². The van der Waals surface area contributed by atoms with Crippen LogP contribution in [0, 0.1) is 5.82 Å². The Bertz CT molecular complexity index is 1190. The molecule has 0 atom stereocenters. The lowest BCUT2D eigenvalue weighted by atomic mass is 9.98. The third-order valence-corrected chi connectivity index (χ3v) is 5.52. The second kappa shape index (κ2) is 6.11. The summed E-state index contributed by atoms with van der Waals surface area (Å²) in [6, 6.07) is 21.1. The molecule has 1 N–H and O–H groups in total. The van der Waals surface area contributed by atoms with Crippen LogP contribution in [0.3, 0.4) is 0 Å². The quantitative estimate of drug-likeness (QED) is 0.553. The van der Waals surface area contributed by atoms with Gasteiger partial charge >= 0.3 is 0 Å². The highest BCUT2D eigenvalue weighted by molar-refractivity contribution is 7.90. The normalized spacial score (nSPS) is 11.8. The average molecular weight is 365 g/mol. The Kier molecular flexibility index (Phi) is 3.89. The molecule has 0 saturated carbocycles. The molecule has 0 amide bonds. The Morgan fingerprint density at radius 1 is 0.846 bits per heavy atom. The summed E-state index contributed by atoms with van der Waals surface area (Å²) < 4.78 is 37.2. The van der Waals surface area contributed by atoms with Crippen LogP contribution in [0.4, 0.5) is 4.39 Å². The van der Waals surface area contributed by atoms with Crippen molar-refractivity contribution < 1.29 is 12.8 Å². The van der Waals surface area contributed by atoms with Crippen molar-refractivity contribution in [3.63, 3.8) is 0 Å². The minimum Gasteiger partial charge on any atom is -0.354 e. The van der Waals surface area contributed by atoms with Crippen LogP contribution in [0.15, 0.2) is 77.7 Å². The summed E-state index contributed by atoms with van der Waals surface area (Å²) in [5, 5.41) is 0.790. The molecule has 0 spiro atoms. The number of fused-ring (bicyclic) bond motifs is 1. The Labute approximate surface area is 151 Å². The third kappa shape index (κ3) is 2.91. The SMILES string of the molecule is CS(=O)(=O)c1ccc(-c2[nH]c3ccc(F)cc3c2-c2ccccc2)cc1. The van der Waals surface area contributed by atoms with Crippen LogP contribution in [0.25, 0.3) is 33.3 Å². The van der Waals surface area contributed by atoms with Gasteiger partial charge in [-0.05, 0) is 41.5 Å². The first kappa shape index (κ1) is 16.5. The van der Waals surface area contributed by atoms with E-state index in [0.29, 0.717) is 0 Å². The Morgan fingerprint density at radius 2 is 1.54 bits per heavy atom. The fourth-order valence-corrected chi connectivity index (χ4v) is 3.78. The van der Waals surface area contributed by atoms with E-state index in [9.17, 15) is 12.8 Å². The zero-order valence-electron chi connectivity index (χ0n) is 14.0. The zero-order valence-corrected chi connectivity index (χ0v) is 14.8. The third-order valence-electron chi connectivity index (χ3n) is 4.39. The van der Waals surface area contributed by atoms with Crippen molar-refractivity contribution in [3.8, 4) is 22.4 Å². The number of halogens is 1. The molecule has 1 aromatic heterocycles. The molecule has 0 saturated heterocycles. The molecule has 3 aromatic carbocycles. The summed E-state index contributed by atoms with van der Waals surface area (Å²) in [7, 11) is -3.25. The predicted molar refractivity (Wildman–Crippen MR) is 102 cm³/mol. The van der Waals surface area contributed by atoms with Gasteiger partial charge in [0, 0.05) is 22.7 Å². The average Bonchev–Trinajstić information content (AvgIpc) is 3.00. The maximum Gasteiger partial charge on any atom is 0.175 e.